The Morgan fingerprint density at radius 3 is 2.39 bits per heavy atom. The van der Waals surface area contributed by atoms with Gasteiger partial charge in [0.2, 0.25) is 6.29 Å². The standard InChI is InChI=1S/C14H20O4/c1-14(2)12(16-4)10-8-9(15-3)6-7-11(10)18-13(14)17-5/h6-8,12-13H,1-5H3/t12-,13-/m1/s1. The van der Waals surface area contributed by atoms with Gasteiger partial charge >= 0.3 is 0 Å². The van der Waals surface area contributed by atoms with Crippen molar-refractivity contribution in [3.63, 3.8) is 0 Å². The summed E-state index contributed by atoms with van der Waals surface area (Å²) in [4.78, 5) is 0. The third-order valence-corrected chi connectivity index (χ3v) is 3.47. The molecular formula is C14H20O4. The molecular weight excluding hydrogens is 232 g/mol. The Bertz CT molecular complexity index is 428. The van der Waals surface area contributed by atoms with Crippen molar-refractivity contribution in [2.24, 2.45) is 5.41 Å². The summed E-state index contributed by atoms with van der Waals surface area (Å²) in [5.41, 5.74) is 0.721. The van der Waals surface area contributed by atoms with E-state index in [1.807, 2.05) is 18.2 Å². The highest BCUT2D eigenvalue weighted by Crippen LogP contribution is 2.49. The number of hydrogen-bond donors (Lipinski definition) is 0. The molecule has 0 saturated heterocycles. The summed E-state index contributed by atoms with van der Waals surface area (Å²) in [6, 6.07) is 5.72. The van der Waals surface area contributed by atoms with Crippen LogP contribution in [0, 0.1) is 5.41 Å². The maximum Gasteiger partial charge on any atom is 0.207 e. The topological polar surface area (TPSA) is 36.9 Å². The second-order valence-corrected chi connectivity index (χ2v) is 5.03. The average molecular weight is 252 g/mol. The number of fused-ring (bicyclic) bond motifs is 1. The second kappa shape index (κ2) is 4.78. The molecule has 4 heteroatoms. The van der Waals surface area contributed by atoms with Gasteiger partial charge in [-0.15, -0.1) is 0 Å². The van der Waals surface area contributed by atoms with Crippen LogP contribution in [0.1, 0.15) is 25.5 Å². The minimum Gasteiger partial charge on any atom is -0.497 e. The zero-order valence-electron chi connectivity index (χ0n) is 11.5. The lowest BCUT2D eigenvalue weighted by molar-refractivity contribution is -0.188. The van der Waals surface area contributed by atoms with Crippen LogP contribution in [0.4, 0.5) is 0 Å². The molecule has 0 fully saturated rings. The third-order valence-electron chi connectivity index (χ3n) is 3.47. The molecule has 0 aromatic heterocycles. The first-order valence-electron chi connectivity index (χ1n) is 5.94. The summed E-state index contributed by atoms with van der Waals surface area (Å²) in [6.07, 6.45) is -0.426. The molecule has 0 bridgehead atoms. The quantitative estimate of drug-likeness (QED) is 0.829. The summed E-state index contributed by atoms with van der Waals surface area (Å²) in [6.45, 7) is 4.13. The van der Waals surface area contributed by atoms with Crippen molar-refractivity contribution in [3.8, 4) is 11.5 Å². The molecule has 0 saturated carbocycles. The lowest BCUT2D eigenvalue weighted by Gasteiger charge is -2.43. The number of benzene rings is 1. The van der Waals surface area contributed by atoms with Gasteiger partial charge in [-0.2, -0.15) is 0 Å². The summed E-state index contributed by atoms with van der Waals surface area (Å²) < 4.78 is 22.2. The number of rotatable bonds is 3. The normalized spacial score (nSPS) is 25.2. The molecule has 1 aromatic rings. The van der Waals surface area contributed by atoms with Gasteiger partial charge in [-0.25, -0.2) is 0 Å². The molecule has 0 radical (unpaired) electrons. The summed E-state index contributed by atoms with van der Waals surface area (Å²) in [5, 5.41) is 0. The monoisotopic (exact) mass is 252 g/mol. The first-order chi connectivity index (χ1) is 8.54. The highest BCUT2D eigenvalue weighted by atomic mass is 16.7. The minimum atomic E-state index is -0.330. The van der Waals surface area contributed by atoms with Crippen molar-refractivity contribution >= 4 is 0 Å². The van der Waals surface area contributed by atoms with E-state index in [-0.39, 0.29) is 17.8 Å². The van der Waals surface area contributed by atoms with Crippen molar-refractivity contribution in [2.75, 3.05) is 21.3 Å². The number of methoxy groups -OCH3 is 3. The van der Waals surface area contributed by atoms with Crippen molar-refractivity contribution in [2.45, 2.75) is 26.2 Å². The van der Waals surface area contributed by atoms with Crippen LogP contribution in [0.2, 0.25) is 0 Å². The highest BCUT2D eigenvalue weighted by Gasteiger charge is 2.46. The predicted octanol–water partition coefficient (Wildman–Crippen LogP) is 2.77. The third kappa shape index (κ3) is 1.95. The Morgan fingerprint density at radius 1 is 1.11 bits per heavy atom. The van der Waals surface area contributed by atoms with Gasteiger partial charge in [-0.05, 0) is 18.2 Å². The Labute approximate surface area is 108 Å². The minimum absolute atomic E-state index is 0.0960. The summed E-state index contributed by atoms with van der Waals surface area (Å²) in [5.74, 6) is 1.58. The molecule has 0 N–H and O–H groups in total. The molecule has 18 heavy (non-hydrogen) atoms. The molecule has 1 heterocycles. The SMILES string of the molecule is COc1ccc2c(c1)[C@@H](OC)C(C)(C)[C@H](OC)O2. The van der Waals surface area contributed by atoms with Crippen LogP contribution in [-0.2, 0) is 9.47 Å². The molecule has 1 aromatic carbocycles. The molecule has 2 atom stereocenters. The van der Waals surface area contributed by atoms with E-state index in [0.29, 0.717) is 0 Å². The van der Waals surface area contributed by atoms with Gasteiger partial charge in [0.25, 0.3) is 0 Å². The Morgan fingerprint density at radius 2 is 1.83 bits per heavy atom. The maximum atomic E-state index is 5.87. The van der Waals surface area contributed by atoms with Crippen molar-refractivity contribution in [3.05, 3.63) is 23.8 Å². The first-order valence-corrected chi connectivity index (χ1v) is 5.94. The van der Waals surface area contributed by atoms with Gasteiger partial charge in [0.1, 0.15) is 11.5 Å². The number of hydrogen-bond acceptors (Lipinski definition) is 4. The lowest BCUT2D eigenvalue weighted by Crippen LogP contribution is -2.44. The van der Waals surface area contributed by atoms with Crippen LogP contribution in [0.3, 0.4) is 0 Å². The second-order valence-electron chi connectivity index (χ2n) is 5.03. The number of ether oxygens (including phenoxy) is 4. The smallest absolute Gasteiger partial charge is 0.207 e. The van der Waals surface area contributed by atoms with Crippen molar-refractivity contribution in [1.29, 1.82) is 0 Å². The van der Waals surface area contributed by atoms with E-state index in [0.717, 1.165) is 17.1 Å². The molecule has 4 nitrogen and oxygen atoms in total. The molecule has 0 aliphatic carbocycles. The average Bonchev–Trinajstić information content (AvgIpc) is 2.36. The van der Waals surface area contributed by atoms with Gasteiger partial charge < -0.3 is 18.9 Å². The fraction of sp³-hybridized carbons (Fsp3) is 0.571. The van der Waals surface area contributed by atoms with Gasteiger partial charge in [0.15, 0.2) is 0 Å². The van der Waals surface area contributed by atoms with Crippen LogP contribution in [0.5, 0.6) is 11.5 Å². The van der Waals surface area contributed by atoms with E-state index < -0.39 is 0 Å². The first kappa shape index (κ1) is 13.2. The van der Waals surface area contributed by atoms with E-state index in [1.54, 1.807) is 21.3 Å². The van der Waals surface area contributed by atoms with Crippen LogP contribution in [-0.4, -0.2) is 27.6 Å². The Hall–Kier alpha value is -1.26. The van der Waals surface area contributed by atoms with Crippen LogP contribution in [0.15, 0.2) is 18.2 Å². The Balaban J connectivity index is 2.49. The van der Waals surface area contributed by atoms with Crippen molar-refractivity contribution in [1.82, 2.24) is 0 Å². The van der Waals surface area contributed by atoms with E-state index in [2.05, 4.69) is 13.8 Å². The molecule has 1 aliphatic rings. The molecule has 1 aliphatic heterocycles. The molecule has 2 rings (SSSR count). The zero-order chi connectivity index (χ0) is 13.3. The van der Waals surface area contributed by atoms with E-state index in [9.17, 15) is 0 Å². The van der Waals surface area contributed by atoms with Gasteiger partial charge in [0, 0.05) is 19.8 Å². The fourth-order valence-corrected chi connectivity index (χ4v) is 2.54. The van der Waals surface area contributed by atoms with E-state index in [1.165, 1.54) is 0 Å². The Kier molecular flexibility index (Phi) is 3.50. The van der Waals surface area contributed by atoms with Crippen LogP contribution >= 0.6 is 0 Å². The van der Waals surface area contributed by atoms with Crippen molar-refractivity contribution < 1.29 is 18.9 Å². The predicted molar refractivity (Wildman–Crippen MR) is 68.0 cm³/mol. The highest BCUT2D eigenvalue weighted by molar-refractivity contribution is 5.44. The van der Waals surface area contributed by atoms with Crippen LogP contribution < -0.4 is 9.47 Å². The zero-order valence-corrected chi connectivity index (χ0v) is 11.5. The summed E-state index contributed by atoms with van der Waals surface area (Å²) in [7, 11) is 5.00. The molecule has 0 spiro atoms. The fourth-order valence-electron chi connectivity index (χ4n) is 2.54. The summed E-state index contributed by atoms with van der Waals surface area (Å²) >= 11 is 0. The van der Waals surface area contributed by atoms with E-state index in [4.69, 9.17) is 18.9 Å². The van der Waals surface area contributed by atoms with Gasteiger partial charge in [0.05, 0.1) is 18.6 Å². The van der Waals surface area contributed by atoms with Crippen LogP contribution in [0.25, 0.3) is 0 Å². The lowest BCUT2D eigenvalue weighted by atomic mass is 9.79. The van der Waals surface area contributed by atoms with Gasteiger partial charge in [-0.3, -0.25) is 0 Å². The van der Waals surface area contributed by atoms with E-state index >= 15 is 0 Å². The maximum absolute atomic E-state index is 5.87. The molecule has 0 amide bonds. The largest absolute Gasteiger partial charge is 0.497 e. The molecule has 100 valence electrons. The van der Waals surface area contributed by atoms with Gasteiger partial charge in [-0.1, -0.05) is 13.8 Å². The molecule has 0 unspecified atom stereocenters.